The number of ether oxygens (including phenoxy) is 1. The van der Waals surface area contributed by atoms with E-state index < -0.39 is 6.61 Å². The van der Waals surface area contributed by atoms with Gasteiger partial charge in [0.15, 0.2) is 0 Å². The van der Waals surface area contributed by atoms with E-state index in [1.807, 2.05) is 0 Å². The lowest BCUT2D eigenvalue weighted by atomic mass is 10.3. The molecule has 0 aliphatic rings. The maximum absolute atomic E-state index is 12.1. The second kappa shape index (κ2) is 6.67. The molecule has 0 bridgehead atoms. The average molecular weight is 225 g/mol. The monoisotopic (exact) mass is 225 g/mol. The van der Waals surface area contributed by atoms with Gasteiger partial charge in [-0.25, -0.2) is 0 Å². The number of nitrogens with one attached hydrogen (secondary N) is 1. The molecule has 0 saturated carbocycles. The second-order valence-corrected chi connectivity index (χ2v) is 2.98. The molecule has 1 rings (SSSR count). The number of rotatable bonds is 5. The third-order valence-corrected chi connectivity index (χ3v) is 1.85. The fourth-order valence-corrected chi connectivity index (χ4v) is 1.20. The zero-order chi connectivity index (χ0) is 11.8. The Morgan fingerprint density at radius 3 is 2.81 bits per heavy atom. The number of anilines is 1. The minimum absolute atomic E-state index is 0.155. The van der Waals surface area contributed by atoms with E-state index in [1.165, 1.54) is 6.07 Å². The van der Waals surface area contributed by atoms with Gasteiger partial charge >= 0.3 is 6.61 Å². The van der Waals surface area contributed by atoms with Crippen molar-refractivity contribution >= 4 is 5.69 Å². The summed E-state index contributed by atoms with van der Waals surface area (Å²) in [6.07, 6.45) is 0.666. The van der Waals surface area contributed by atoms with Gasteiger partial charge in [-0.15, -0.1) is 11.8 Å². The summed E-state index contributed by atoms with van der Waals surface area (Å²) >= 11 is 0. The first-order chi connectivity index (χ1) is 7.74. The molecule has 4 heteroatoms. The van der Waals surface area contributed by atoms with Crippen molar-refractivity contribution in [3.63, 3.8) is 0 Å². The molecule has 1 aromatic carbocycles. The molecule has 0 heterocycles. The molecule has 0 aromatic heterocycles. The van der Waals surface area contributed by atoms with E-state index in [4.69, 9.17) is 0 Å². The molecule has 16 heavy (non-hydrogen) atoms. The zero-order valence-corrected chi connectivity index (χ0v) is 8.97. The lowest BCUT2D eigenvalue weighted by Crippen LogP contribution is -2.07. The molecule has 0 saturated heterocycles. The summed E-state index contributed by atoms with van der Waals surface area (Å²) in [6.45, 7) is -0.448. The number of halogens is 2. The van der Waals surface area contributed by atoms with Crippen LogP contribution in [-0.4, -0.2) is 13.2 Å². The zero-order valence-electron chi connectivity index (χ0n) is 8.97. The molecular weight excluding hydrogens is 212 g/mol. The molecule has 0 unspecified atom stereocenters. The van der Waals surface area contributed by atoms with Crippen molar-refractivity contribution < 1.29 is 13.5 Å². The van der Waals surface area contributed by atoms with Crippen molar-refractivity contribution in [2.45, 2.75) is 20.0 Å². The van der Waals surface area contributed by atoms with Crippen LogP contribution in [-0.2, 0) is 0 Å². The predicted octanol–water partition coefficient (Wildman–Crippen LogP) is 3.11. The van der Waals surface area contributed by atoms with Crippen molar-refractivity contribution in [1.82, 2.24) is 0 Å². The average Bonchev–Trinajstić information content (AvgIpc) is 2.26. The lowest BCUT2D eigenvalue weighted by molar-refractivity contribution is -0.0493. The minimum atomic E-state index is -2.81. The van der Waals surface area contributed by atoms with Gasteiger partial charge in [-0.2, -0.15) is 8.78 Å². The summed E-state index contributed by atoms with van der Waals surface area (Å²) in [7, 11) is 0. The van der Waals surface area contributed by atoms with Gasteiger partial charge in [-0.05, 0) is 19.1 Å². The predicted molar refractivity (Wildman–Crippen MR) is 59.6 cm³/mol. The van der Waals surface area contributed by atoms with Crippen LogP contribution in [0.25, 0.3) is 0 Å². The van der Waals surface area contributed by atoms with Crippen molar-refractivity contribution in [3.8, 4) is 17.6 Å². The standard InChI is InChI=1S/C12H13F2NO/c1-2-3-6-9-15-10-7-4-5-8-11(10)16-12(13)14/h4-5,7-8,12,15H,6,9H2,1H3. The smallest absolute Gasteiger partial charge is 0.387 e. The molecule has 0 spiro atoms. The molecule has 0 aliphatic heterocycles. The van der Waals surface area contributed by atoms with Gasteiger partial charge in [0.25, 0.3) is 0 Å². The van der Waals surface area contributed by atoms with Crippen LogP contribution in [0.3, 0.4) is 0 Å². The van der Waals surface area contributed by atoms with E-state index in [0.29, 0.717) is 18.7 Å². The number of hydrogen-bond acceptors (Lipinski definition) is 2. The van der Waals surface area contributed by atoms with E-state index in [1.54, 1.807) is 25.1 Å². The Morgan fingerprint density at radius 2 is 2.12 bits per heavy atom. The highest BCUT2D eigenvalue weighted by atomic mass is 19.3. The normalized spacial score (nSPS) is 9.50. The molecule has 0 aliphatic carbocycles. The number of para-hydroxylation sites is 2. The summed E-state index contributed by atoms with van der Waals surface area (Å²) in [6, 6.07) is 6.60. The number of hydrogen-bond donors (Lipinski definition) is 1. The van der Waals surface area contributed by atoms with Crippen molar-refractivity contribution in [2.75, 3.05) is 11.9 Å². The first-order valence-corrected chi connectivity index (χ1v) is 4.91. The van der Waals surface area contributed by atoms with Crippen LogP contribution in [0.5, 0.6) is 5.75 Å². The second-order valence-electron chi connectivity index (χ2n) is 2.98. The third kappa shape index (κ3) is 4.18. The Morgan fingerprint density at radius 1 is 1.38 bits per heavy atom. The summed E-state index contributed by atoms with van der Waals surface area (Å²) in [5.74, 6) is 5.79. The number of benzene rings is 1. The van der Waals surface area contributed by atoms with Crippen molar-refractivity contribution in [3.05, 3.63) is 24.3 Å². The SMILES string of the molecule is CC#CCCNc1ccccc1OC(F)F. The van der Waals surface area contributed by atoms with Gasteiger partial charge in [-0.1, -0.05) is 12.1 Å². The van der Waals surface area contributed by atoms with Crippen LogP contribution in [0.15, 0.2) is 24.3 Å². The third-order valence-electron chi connectivity index (χ3n) is 1.85. The quantitative estimate of drug-likeness (QED) is 0.614. The van der Waals surface area contributed by atoms with Crippen LogP contribution < -0.4 is 10.1 Å². The van der Waals surface area contributed by atoms with E-state index in [0.717, 1.165) is 0 Å². The van der Waals surface area contributed by atoms with E-state index in [2.05, 4.69) is 21.9 Å². The molecule has 0 radical (unpaired) electrons. The summed E-state index contributed by atoms with van der Waals surface area (Å²) in [5, 5.41) is 2.99. The van der Waals surface area contributed by atoms with Gasteiger partial charge in [0.1, 0.15) is 5.75 Å². The van der Waals surface area contributed by atoms with E-state index in [-0.39, 0.29) is 5.75 Å². The Hall–Kier alpha value is -1.76. The Kier molecular flexibility index (Phi) is 5.13. The molecule has 0 amide bonds. The fourth-order valence-electron chi connectivity index (χ4n) is 1.20. The van der Waals surface area contributed by atoms with Crippen LogP contribution in [0, 0.1) is 11.8 Å². The van der Waals surface area contributed by atoms with Gasteiger partial charge in [-0.3, -0.25) is 0 Å². The van der Waals surface area contributed by atoms with Crippen LogP contribution in [0.4, 0.5) is 14.5 Å². The molecule has 2 nitrogen and oxygen atoms in total. The van der Waals surface area contributed by atoms with Crippen LogP contribution >= 0.6 is 0 Å². The topological polar surface area (TPSA) is 21.3 Å². The highest BCUT2D eigenvalue weighted by Crippen LogP contribution is 2.25. The van der Waals surface area contributed by atoms with Gasteiger partial charge < -0.3 is 10.1 Å². The van der Waals surface area contributed by atoms with Crippen molar-refractivity contribution in [1.29, 1.82) is 0 Å². The highest BCUT2D eigenvalue weighted by molar-refractivity contribution is 5.56. The van der Waals surface area contributed by atoms with Gasteiger partial charge in [0.2, 0.25) is 0 Å². The highest BCUT2D eigenvalue weighted by Gasteiger charge is 2.07. The Bertz CT molecular complexity index is 382. The maximum Gasteiger partial charge on any atom is 0.387 e. The fraction of sp³-hybridized carbons (Fsp3) is 0.333. The van der Waals surface area contributed by atoms with E-state index in [9.17, 15) is 8.78 Å². The Balaban J connectivity index is 2.58. The summed E-state index contributed by atoms with van der Waals surface area (Å²) in [4.78, 5) is 0. The molecule has 86 valence electrons. The number of alkyl halides is 2. The molecule has 0 atom stereocenters. The molecule has 1 aromatic rings. The van der Waals surface area contributed by atoms with Crippen LogP contribution in [0.2, 0.25) is 0 Å². The molecule has 0 fully saturated rings. The van der Waals surface area contributed by atoms with Gasteiger partial charge in [0.05, 0.1) is 5.69 Å². The first kappa shape index (κ1) is 12.3. The van der Waals surface area contributed by atoms with Crippen molar-refractivity contribution in [2.24, 2.45) is 0 Å². The van der Waals surface area contributed by atoms with Gasteiger partial charge in [0, 0.05) is 13.0 Å². The summed E-state index contributed by atoms with van der Waals surface area (Å²) in [5.41, 5.74) is 0.556. The maximum atomic E-state index is 12.1. The molecular formula is C12H13F2NO. The first-order valence-electron chi connectivity index (χ1n) is 4.91. The van der Waals surface area contributed by atoms with E-state index >= 15 is 0 Å². The summed E-state index contributed by atoms with van der Waals surface area (Å²) < 4.78 is 28.5. The molecule has 1 N–H and O–H groups in total. The minimum Gasteiger partial charge on any atom is -0.433 e. The Labute approximate surface area is 93.6 Å². The lowest BCUT2D eigenvalue weighted by Gasteiger charge is -2.11. The van der Waals surface area contributed by atoms with Crippen LogP contribution in [0.1, 0.15) is 13.3 Å². The largest absolute Gasteiger partial charge is 0.433 e.